The Morgan fingerprint density at radius 1 is 1.07 bits per heavy atom. The van der Waals surface area contributed by atoms with Crippen LogP contribution in [0.5, 0.6) is 0 Å². The van der Waals surface area contributed by atoms with Gasteiger partial charge < -0.3 is 14.7 Å². The summed E-state index contributed by atoms with van der Waals surface area (Å²) in [6.07, 6.45) is 6.05. The van der Waals surface area contributed by atoms with Crippen LogP contribution in [0.25, 0.3) is 0 Å². The summed E-state index contributed by atoms with van der Waals surface area (Å²) in [4.78, 5) is 30.4. The van der Waals surface area contributed by atoms with Crippen LogP contribution in [0.1, 0.15) is 45.4 Å². The van der Waals surface area contributed by atoms with Crippen LogP contribution >= 0.6 is 0 Å². The Balaban J connectivity index is 1.49. The second-order valence-electron chi connectivity index (χ2n) is 7.57. The van der Waals surface area contributed by atoms with E-state index in [-0.39, 0.29) is 17.6 Å². The highest BCUT2D eigenvalue weighted by atomic mass is 19.1. The van der Waals surface area contributed by atoms with Crippen LogP contribution in [0.3, 0.4) is 0 Å². The molecule has 2 fully saturated rings. The average Bonchev–Trinajstić information content (AvgIpc) is 2.69. The molecule has 0 atom stereocenters. The van der Waals surface area contributed by atoms with Crippen molar-refractivity contribution in [3.05, 3.63) is 30.1 Å². The van der Waals surface area contributed by atoms with Gasteiger partial charge in [0.2, 0.25) is 11.8 Å². The molecule has 0 bridgehead atoms. The Morgan fingerprint density at radius 3 is 2.37 bits per heavy atom. The lowest BCUT2D eigenvalue weighted by Gasteiger charge is -2.37. The van der Waals surface area contributed by atoms with Crippen molar-refractivity contribution in [2.24, 2.45) is 0 Å². The first-order chi connectivity index (χ1) is 13.1. The monoisotopic (exact) mass is 375 g/mol. The predicted octanol–water partition coefficient (Wildman–Crippen LogP) is 3.05. The van der Waals surface area contributed by atoms with E-state index in [0.29, 0.717) is 50.9 Å². The number of piperazine rings is 1. The van der Waals surface area contributed by atoms with E-state index in [1.807, 2.05) is 20.8 Å². The molecule has 1 aromatic carbocycles. The lowest BCUT2D eigenvalue weighted by atomic mass is 9.94. The van der Waals surface area contributed by atoms with Crippen LogP contribution in [0, 0.1) is 5.82 Å². The molecule has 0 spiro atoms. The van der Waals surface area contributed by atoms with Gasteiger partial charge in [-0.15, -0.1) is 0 Å². The van der Waals surface area contributed by atoms with Gasteiger partial charge in [-0.3, -0.25) is 9.59 Å². The van der Waals surface area contributed by atoms with Crippen molar-refractivity contribution in [3.8, 4) is 0 Å². The number of carbonyl (C=O) groups excluding carboxylic acids is 2. The predicted molar refractivity (Wildman–Crippen MR) is 104 cm³/mol. The van der Waals surface area contributed by atoms with E-state index in [9.17, 15) is 14.0 Å². The van der Waals surface area contributed by atoms with Gasteiger partial charge in [0.05, 0.1) is 5.69 Å². The zero-order valence-corrected chi connectivity index (χ0v) is 16.2. The van der Waals surface area contributed by atoms with E-state index in [1.165, 1.54) is 25.3 Å². The number of rotatable bonds is 5. The third-order valence-electron chi connectivity index (χ3n) is 5.81. The molecule has 2 aliphatic rings. The Morgan fingerprint density at radius 2 is 1.74 bits per heavy atom. The summed E-state index contributed by atoms with van der Waals surface area (Å²) in [5.41, 5.74) is 0.602. The van der Waals surface area contributed by atoms with E-state index >= 15 is 0 Å². The molecule has 6 heteroatoms. The van der Waals surface area contributed by atoms with E-state index in [2.05, 4.69) is 0 Å². The van der Waals surface area contributed by atoms with Crippen LogP contribution in [0.4, 0.5) is 10.1 Å². The molecule has 1 saturated carbocycles. The highest BCUT2D eigenvalue weighted by Gasteiger charge is 2.26. The molecule has 27 heavy (non-hydrogen) atoms. The maximum absolute atomic E-state index is 13.9. The van der Waals surface area contributed by atoms with E-state index < -0.39 is 0 Å². The Bertz CT molecular complexity index is 653. The highest BCUT2D eigenvalue weighted by Crippen LogP contribution is 2.23. The molecule has 0 unspecified atom stereocenters. The molecule has 1 heterocycles. The number of amides is 2. The van der Waals surface area contributed by atoms with Crippen LogP contribution in [0.2, 0.25) is 0 Å². The molecule has 1 aromatic rings. The minimum atomic E-state index is -0.221. The number of para-hydroxylation sites is 1. The van der Waals surface area contributed by atoms with Crippen molar-refractivity contribution in [3.63, 3.8) is 0 Å². The Kier molecular flexibility index (Phi) is 6.69. The average molecular weight is 375 g/mol. The number of carbonyl (C=O) groups is 2. The van der Waals surface area contributed by atoms with Crippen LogP contribution in [-0.2, 0) is 9.59 Å². The fraction of sp³-hybridized carbons (Fsp3) is 0.619. The van der Waals surface area contributed by atoms with Crippen molar-refractivity contribution in [1.29, 1.82) is 0 Å². The van der Waals surface area contributed by atoms with Gasteiger partial charge in [0, 0.05) is 52.1 Å². The zero-order chi connectivity index (χ0) is 19.2. The quantitative estimate of drug-likeness (QED) is 0.795. The van der Waals surface area contributed by atoms with Gasteiger partial charge in [-0.1, -0.05) is 31.4 Å². The largest absolute Gasteiger partial charge is 0.366 e. The first-order valence-corrected chi connectivity index (χ1v) is 10.1. The number of halogens is 1. The number of benzene rings is 1. The highest BCUT2D eigenvalue weighted by molar-refractivity contribution is 5.78. The number of hydrogen-bond acceptors (Lipinski definition) is 3. The molecular weight excluding hydrogens is 345 g/mol. The molecule has 1 aliphatic carbocycles. The summed E-state index contributed by atoms with van der Waals surface area (Å²) < 4.78 is 13.9. The summed E-state index contributed by atoms with van der Waals surface area (Å²) in [5.74, 6) is -0.0637. The lowest BCUT2D eigenvalue weighted by Crippen LogP contribution is -2.50. The second-order valence-corrected chi connectivity index (χ2v) is 7.57. The number of nitrogens with zero attached hydrogens (tertiary/aromatic N) is 3. The molecule has 3 rings (SSSR count). The molecule has 148 valence electrons. The van der Waals surface area contributed by atoms with Crippen molar-refractivity contribution in [1.82, 2.24) is 9.80 Å². The maximum Gasteiger partial charge on any atom is 0.224 e. The summed E-state index contributed by atoms with van der Waals surface area (Å²) >= 11 is 0. The maximum atomic E-state index is 13.9. The topological polar surface area (TPSA) is 43.9 Å². The van der Waals surface area contributed by atoms with Crippen molar-refractivity contribution < 1.29 is 14.0 Å². The third-order valence-corrected chi connectivity index (χ3v) is 5.81. The smallest absolute Gasteiger partial charge is 0.224 e. The fourth-order valence-electron chi connectivity index (χ4n) is 4.27. The molecule has 0 aromatic heterocycles. The van der Waals surface area contributed by atoms with Crippen molar-refractivity contribution in [2.75, 3.05) is 37.6 Å². The summed E-state index contributed by atoms with van der Waals surface area (Å²) in [7, 11) is 0. The van der Waals surface area contributed by atoms with Crippen LogP contribution in [-0.4, -0.2) is 60.4 Å². The third kappa shape index (κ3) is 4.99. The number of anilines is 1. The standard InChI is InChI=1S/C21H30FN3O2/c1-17(26)25(18-7-3-2-4-8-18)12-11-21(27)24-15-13-23(14-16-24)20-10-6-5-9-19(20)22/h5-6,9-10,18H,2-4,7-8,11-16H2,1H3. The molecule has 1 saturated heterocycles. The SMILES string of the molecule is CC(=O)N(CCC(=O)N1CCN(c2ccccc2F)CC1)C1CCCCC1. The van der Waals surface area contributed by atoms with Crippen molar-refractivity contribution >= 4 is 17.5 Å². The normalized spacial score (nSPS) is 18.4. The zero-order valence-electron chi connectivity index (χ0n) is 16.2. The molecule has 5 nitrogen and oxygen atoms in total. The first-order valence-electron chi connectivity index (χ1n) is 10.1. The van der Waals surface area contributed by atoms with Gasteiger partial charge in [0.1, 0.15) is 5.82 Å². The molecule has 2 amide bonds. The minimum Gasteiger partial charge on any atom is -0.366 e. The van der Waals surface area contributed by atoms with Gasteiger partial charge in [-0.05, 0) is 25.0 Å². The second kappa shape index (κ2) is 9.20. The van der Waals surface area contributed by atoms with Gasteiger partial charge in [-0.25, -0.2) is 4.39 Å². The first kappa shape index (κ1) is 19.6. The van der Waals surface area contributed by atoms with E-state index in [4.69, 9.17) is 0 Å². The Labute approximate surface area is 161 Å². The molecule has 0 N–H and O–H groups in total. The van der Waals surface area contributed by atoms with Gasteiger partial charge in [-0.2, -0.15) is 0 Å². The summed E-state index contributed by atoms with van der Waals surface area (Å²) in [6, 6.07) is 7.06. The lowest BCUT2D eigenvalue weighted by molar-refractivity contribution is -0.135. The van der Waals surface area contributed by atoms with E-state index in [0.717, 1.165) is 12.8 Å². The minimum absolute atomic E-state index is 0.0686. The van der Waals surface area contributed by atoms with Gasteiger partial charge >= 0.3 is 0 Å². The summed E-state index contributed by atoms with van der Waals surface area (Å²) in [5, 5.41) is 0. The van der Waals surface area contributed by atoms with Gasteiger partial charge in [0.15, 0.2) is 0 Å². The Hall–Kier alpha value is -2.11. The van der Waals surface area contributed by atoms with Gasteiger partial charge in [0.25, 0.3) is 0 Å². The van der Waals surface area contributed by atoms with Crippen LogP contribution < -0.4 is 4.90 Å². The number of hydrogen-bond donors (Lipinski definition) is 0. The molecule has 0 radical (unpaired) electrons. The fourth-order valence-corrected chi connectivity index (χ4v) is 4.27. The van der Waals surface area contributed by atoms with Crippen LogP contribution in [0.15, 0.2) is 24.3 Å². The van der Waals surface area contributed by atoms with E-state index in [1.54, 1.807) is 19.1 Å². The molecular formula is C21H30FN3O2. The summed E-state index contributed by atoms with van der Waals surface area (Å²) in [6.45, 7) is 4.56. The van der Waals surface area contributed by atoms with Crippen molar-refractivity contribution in [2.45, 2.75) is 51.5 Å². The molecule has 1 aliphatic heterocycles.